The summed E-state index contributed by atoms with van der Waals surface area (Å²) in [4.78, 5) is 26.6. The second-order valence-electron chi connectivity index (χ2n) is 7.69. The molecule has 2 aromatic rings. The maximum atomic E-state index is 12.5. The number of nitrogens with one attached hydrogen (secondary N) is 2. The summed E-state index contributed by atoms with van der Waals surface area (Å²) in [5, 5.41) is 5.59. The lowest BCUT2D eigenvalue weighted by atomic mass is 9.96. The number of halogens is 3. The van der Waals surface area contributed by atoms with Gasteiger partial charge in [-0.25, -0.2) is 0 Å². The molecular formula is C23H26F3N3O3. The zero-order valence-corrected chi connectivity index (χ0v) is 17.5. The number of carbonyl (C=O) groups excluding carboxylic acids is 2. The Bertz CT molecular complexity index is 898. The van der Waals surface area contributed by atoms with Gasteiger partial charge in [-0.3, -0.25) is 14.5 Å². The second-order valence-corrected chi connectivity index (χ2v) is 7.69. The monoisotopic (exact) mass is 449 g/mol. The second kappa shape index (κ2) is 11.0. The van der Waals surface area contributed by atoms with Crippen molar-refractivity contribution in [1.82, 2.24) is 15.5 Å². The summed E-state index contributed by atoms with van der Waals surface area (Å²) in [6.07, 6.45) is -3.50. The molecule has 1 saturated heterocycles. The van der Waals surface area contributed by atoms with Crippen molar-refractivity contribution < 1.29 is 27.5 Å². The molecule has 1 fully saturated rings. The number of amides is 2. The van der Waals surface area contributed by atoms with E-state index in [2.05, 4.69) is 15.4 Å². The van der Waals surface area contributed by atoms with Crippen LogP contribution in [-0.2, 0) is 22.7 Å². The molecule has 0 saturated carbocycles. The first-order valence-corrected chi connectivity index (χ1v) is 10.4. The van der Waals surface area contributed by atoms with E-state index in [1.165, 1.54) is 18.2 Å². The third-order valence-electron chi connectivity index (χ3n) is 5.31. The number of piperidine rings is 1. The average molecular weight is 449 g/mol. The molecular weight excluding hydrogens is 423 g/mol. The summed E-state index contributed by atoms with van der Waals surface area (Å²) in [5.74, 6) is -0.704. The normalized spacial score (nSPS) is 15.2. The summed E-state index contributed by atoms with van der Waals surface area (Å²) in [6, 6.07) is 15.4. The first kappa shape index (κ1) is 23.6. The van der Waals surface area contributed by atoms with Crippen molar-refractivity contribution in [1.29, 1.82) is 0 Å². The van der Waals surface area contributed by atoms with Gasteiger partial charge in [-0.15, -0.1) is 13.2 Å². The molecule has 0 spiro atoms. The van der Waals surface area contributed by atoms with Gasteiger partial charge in [0.25, 0.3) is 0 Å². The minimum Gasteiger partial charge on any atom is -0.405 e. The maximum absolute atomic E-state index is 12.5. The number of hydrogen-bond donors (Lipinski definition) is 2. The highest BCUT2D eigenvalue weighted by atomic mass is 19.4. The fraction of sp³-hybridized carbons (Fsp3) is 0.391. The lowest BCUT2D eigenvalue weighted by Crippen LogP contribution is -2.44. The molecule has 3 rings (SSSR count). The van der Waals surface area contributed by atoms with E-state index in [1.54, 1.807) is 6.07 Å². The highest BCUT2D eigenvalue weighted by Crippen LogP contribution is 2.26. The van der Waals surface area contributed by atoms with Crippen LogP contribution in [0.4, 0.5) is 13.2 Å². The van der Waals surface area contributed by atoms with Crippen molar-refractivity contribution in [2.24, 2.45) is 5.92 Å². The standard InChI is InChI=1S/C23H26F3N3O3/c24-23(25,26)32-20-9-5-4-8-19(20)15-27-21(30)16-29-12-10-18(11-13-29)22(31)28-14-17-6-2-1-3-7-17/h1-9,18H,10-16H2,(H,27,30)(H,28,31). The first-order valence-electron chi connectivity index (χ1n) is 10.4. The quantitative estimate of drug-likeness (QED) is 0.649. The minimum absolute atomic E-state index is 0.0132. The Hall–Kier alpha value is -3.07. The molecule has 2 N–H and O–H groups in total. The number of hydrogen-bond acceptors (Lipinski definition) is 4. The number of para-hydroxylation sites is 1. The molecule has 0 radical (unpaired) electrons. The fourth-order valence-corrected chi connectivity index (χ4v) is 3.61. The van der Waals surface area contributed by atoms with Crippen LogP contribution in [0.25, 0.3) is 0 Å². The van der Waals surface area contributed by atoms with Gasteiger partial charge in [0, 0.05) is 24.6 Å². The van der Waals surface area contributed by atoms with Gasteiger partial charge in [-0.05, 0) is 37.6 Å². The lowest BCUT2D eigenvalue weighted by Gasteiger charge is -2.30. The van der Waals surface area contributed by atoms with E-state index in [9.17, 15) is 22.8 Å². The zero-order chi connectivity index (χ0) is 23.0. The molecule has 1 heterocycles. The summed E-state index contributed by atoms with van der Waals surface area (Å²) in [6.45, 7) is 1.75. The van der Waals surface area contributed by atoms with Crippen molar-refractivity contribution in [2.75, 3.05) is 19.6 Å². The van der Waals surface area contributed by atoms with Crippen LogP contribution in [0.1, 0.15) is 24.0 Å². The molecule has 172 valence electrons. The Morgan fingerprint density at radius 2 is 1.59 bits per heavy atom. The topological polar surface area (TPSA) is 70.7 Å². The molecule has 2 aromatic carbocycles. The van der Waals surface area contributed by atoms with Crippen molar-refractivity contribution in [3.05, 3.63) is 65.7 Å². The molecule has 1 aliphatic heterocycles. The van der Waals surface area contributed by atoms with E-state index in [4.69, 9.17) is 0 Å². The van der Waals surface area contributed by atoms with Crippen molar-refractivity contribution in [2.45, 2.75) is 32.3 Å². The molecule has 0 atom stereocenters. The van der Waals surface area contributed by atoms with Crippen molar-refractivity contribution >= 4 is 11.8 Å². The number of ether oxygens (including phenoxy) is 1. The summed E-state index contributed by atoms with van der Waals surface area (Å²) >= 11 is 0. The largest absolute Gasteiger partial charge is 0.573 e. The van der Waals surface area contributed by atoms with Gasteiger partial charge < -0.3 is 15.4 Å². The molecule has 9 heteroatoms. The molecule has 1 aliphatic rings. The summed E-state index contributed by atoms with van der Waals surface area (Å²) < 4.78 is 41.5. The SMILES string of the molecule is O=C(CN1CCC(C(=O)NCc2ccccc2)CC1)NCc1ccccc1OC(F)(F)F. The molecule has 32 heavy (non-hydrogen) atoms. The summed E-state index contributed by atoms with van der Waals surface area (Å²) in [7, 11) is 0. The Kier molecular flexibility index (Phi) is 8.10. The highest BCUT2D eigenvalue weighted by Gasteiger charge is 2.32. The molecule has 2 amide bonds. The van der Waals surface area contributed by atoms with Gasteiger partial charge in [-0.1, -0.05) is 48.5 Å². The Labute approximate surface area is 184 Å². The molecule has 0 aromatic heterocycles. The maximum Gasteiger partial charge on any atom is 0.573 e. The fourth-order valence-electron chi connectivity index (χ4n) is 3.61. The van der Waals surface area contributed by atoms with Crippen LogP contribution in [0.5, 0.6) is 5.75 Å². The van der Waals surface area contributed by atoms with Gasteiger partial charge >= 0.3 is 6.36 Å². The number of rotatable bonds is 8. The van der Waals surface area contributed by atoms with E-state index in [-0.39, 0.29) is 42.1 Å². The van der Waals surface area contributed by atoms with E-state index < -0.39 is 6.36 Å². The smallest absolute Gasteiger partial charge is 0.405 e. The number of carbonyl (C=O) groups is 2. The predicted molar refractivity (Wildman–Crippen MR) is 112 cm³/mol. The third-order valence-corrected chi connectivity index (χ3v) is 5.31. The van der Waals surface area contributed by atoms with Crippen LogP contribution in [0, 0.1) is 5.92 Å². The van der Waals surface area contributed by atoms with Crippen LogP contribution in [0.3, 0.4) is 0 Å². The number of likely N-dealkylation sites (tertiary alicyclic amines) is 1. The minimum atomic E-state index is -4.79. The predicted octanol–water partition coefficient (Wildman–Crippen LogP) is 3.23. The van der Waals surface area contributed by atoms with Crippen LogP contribution in [0.15, 0.2) is 54.6 Å². The average Bonchev–Trinajstić information content (AvgIpc) is 2.77. The Morgan fingerprint density at radius 3 is 2.28 bits per heavy atom. The third kappa shape index (κ3) is 7.56. The van der Waals surface area contributed by atoms with E-state index in [1.807, 2.05) is 35.2 Å². The van der Waals surface area contributed by atoms with Crippen molar-refractivity contribution in [3.8, 4) is 5.75 Å². The first-order chi connectivity index (χ1) is 15.3. The Balaban J connectivity index is 1.39. The number of benzene rings is 2. The molecule has 0 bridgehead atoms. The molecule has 0 unspecified atom stereocenters. The van der Waals surface area contributed by atoms with Crippen molar-refractivity contribution in [3.63, 3.8) is 0 Å². The van der Waals surface area contributed by atoms with Crippen LogP contribution in [0.2, 0.25) is 0 Å². The van der Waals surface area contributed by atoms with Gasteiger partial charge in [0.2, 0.25) is 11.8 Å². The van der Waals surface area contributed by atoms with Crippen LogP contribution in [-0.4, -0.2) is 42.7 Å². The molecule has 0 aliphatic carbocycles. The van der Waals surface area contributed by atoms with Gasteiger partial charge in [-0.2, -0.15) is 0 Å². The van der Waals surface area contributed by atoms with E-state index in [0.717, 1.165) is 5.56 Å². The van der Waals surface area contributed by atoms with Crippen LogP contribution < -0.4 is 15.4 Å². The highest BCUT2D eigenvalue weighted by molar-refractivity contribution is 5.79. The zero-order valence-electron chi connectivity index (χ0n) is 17.5. The van der Waals surface area contributed by atoms with E-state index in [0.29, 0.717) is 32.5 Å². The van der Waals surface area contributed by atoms with Gasteiger partial charge in [0.1, 0.15) is 5.75 Å². The number of nitrogens with zero attached hydrogens (tertiary/aromatic N) is 1. The molecule has 6 nitrogen and oxygen atoms in total. The van der Waals surface area contributed by atoms with Gasteiger partial charge in [0.15, 0.2) is 0 Å². The summed E-state index contributed by atoms with van der Waals surface area (Å²) in [5.41, 5.74) is 1.28. The Morgan fingerprint density at radius 1 is 0.938 bits per heavy atom. The van der Waals surface area contributed by atoms with Gasteiger partial charge in [0.05, 0.1) is 6.54 Å². The van der Waals surface area contributed by atoms with E-state index >= 15 is 0 Å². The number of alkyl halides is 3. The van der Waals surface area contributed by atoms with Crippen LogP contribution >= 0.6 is 0 Å². The lowest BCUT2D eigenvalue weighted by molar-refractivity contribution is -0.274.